The Bertz CT molecular complexity index is 439. The normalized spacial score (nSPS) is 22.5. The summed E-state index contributed by atoms with van der Waals surface area (Å²) in [6.45, 7) is 0.00812. The van der Waals surface area contributed by atoms with Crippen molar-refractivity contribution in [3.63, 3.8) is 0 Å². The number of esters is 1. The molecule has 1 unspecified atom stereocenters. The molecule has 0 saturated carbocycles. The van der Waals surface area contributed by atoms with E-state index >= 15 is 0 Å². The lowest BCUT2D eigenvalue weighted by Crippen LogP contribution is -2.08. The average Bonchev–Trinajstić information content (AvgIpc) is 2.71. The van der Waals surface area contributed by atoms with E-state index in [4.69, 9.17) is 21.4 Å². The first-order valence-electron chi connectivity index (χ1n) is 5.48. The van der Waals surface area contributed by atoms with Gasteiger partial charge in [-0.25, -0.2) is 4.79 Å². The second-order valence-electron chi connectivity index (χ2n) is 3.90. The Balaban J connectivity index is 2.24. The minimum Gasteiger partial charge on any atom is -0.459 e. The van der Waals surface area contributed by atoms with Crippen LogP contribution in [0.3, 0.4) is 0 Å². The van der Waals surface area contributed by atoms with Gasteiger partial charge in [0.2, 0.25) is 0 Å². The minimum absolute atomic E-state index is 0.00812. The van der Waals surface area contributed by atoms with Gasteiger partial charge in [-0.1, -0.05) is 41.9 Å². The zero-order valence-electron chi connectivity index (χ0n) is 9.23. The molecular weight excluding hydrogens is 240 g/mol. The Kier molecular flexibility index (Phi) is 3.82. The number of hydrogen-bond donors (Lipinski definition) is 1. The molecule has 0 spiro atoms. The summed E-state index contributed by atoms with van der Waals surface area (Å²) in [5.41, 5.74) is 1.31. The van der Waals surface area contributed by atoms with Gasteiger partial charge in [-0.05, 0) is 5.56 Å². The number of hydrogen-bond acceptors (Lipinski definition) is 3. The maximum Gasteiger partial charge on any atom is 0.335 e. The molecule has 1 saturated heterocycles. The van der Waals surface area contributed by atoms with E-state index in [0.29, 0.717) is 23.4 Å². The molecule has 0 aromatic heterocycles. The fraction of sp³-hybridized carbons (Fsp3) is 0.308. The van der Waals surface area contributed by atoms with Crippen molar-refractivity contribution in [3.05, 3.63) is 41.5 Å². The predicted molar refractivity (Wildman–Crippen MR) is 65.4 cm³/mol. The van der Waals surface area contributed by atoms with Gasteiger partial charge in [0.05, 0.1) is 10.6 Å². The zero-order chi connectivity index (χ0) is 12.3. The van der Waals surface area contributed by atoms with Gasteiger partial charge in [-0.2, -0.15) is 0 Å². The molecule has 1 atom stereocenters. The molecule has 17 heavy (non-hydrogen) atoms. The van der Waals surface area contributed by atoms with Crippen LogP contribution < -0.4 is 0 Å². The maximum atomic E-state index is 11.6. The monoisotopic (exact) mass is 252 g/mol. The number of carbonyl (C=O) groups excluding carboxylic acids is 1. The van der Waals surface area contributed by atoms with E-state index in [2.05, 4.69) is 0 Å². The summed E-state index contributed by atoms with van der Waals surface area (Å²) >= 11 is 6.19. The van der Waals surface area contributed by atoms with E-state index in [9.17, 15) is 4.79 Å². The molecule has 0 bridgehead atoms. The highest BCUT2D eigenvalue weighted by Crippen LogP contribution is 2.32. The molecular formula is C13H13ClO3. The first-order chi connectivity index (χ1) is 8.22. The third-order valence-electron chi connectivity index (χ3n) is 2.70. The Morgan fingerprint density at radius 3 is 2.76 bits per heavy atom. The fourth-order valence-corrected chi connectivity index (χ4v) is 2.10. The largest absolute Gasteiger partial charge is 0.459 e. The lowest BCUT2D eigenvalue weighted by atomic mass is 10.1. The molecule has 1 fully saturated rings. The fourth-order valence-electron chi connectivity index (χ4n) is 1.82. The van der Waals surface area contributed by atoms with E-state index in [1.165, 1.54) is 0 Å². The highest BCUT2D eigenvalue weighted by Gasteiger charge is 2.30. The number of cyclic esters (lactones) is 1. The maximum absolute atomic E-state index is 11.6. The smallest absolute Gasteiger partial charge is 0.335 e. The highest BCUT2D eigenvalue weighted by molar-refractivity contribution is 6.51. The number of ether oxygens (including phenoxy) is 1. The van der Waals surface area contributed by atoms with Crippen molar-refractivity contribution >= 4 is 22.6 Å². The van der Waals surface area contributed by atoms with Crippen LogP contribution in [0.25, 0.3) is 5.03 Å². The zero-order valence-corrected chi connectivity index (χ0v) is 9.98. The molecule has 4 heteroatoms. The molecule has 3 nitrogen and oxygen atoms in total. The van der Waals surface area contributed by atoms with Crippen LogP contribution >= 0.6 is 11.6 Å². The van der Waals surface area contributed by atoms with Crippen molar-refractivity contribution in [2.24, 2.45) is 0 Å². The lowest BCUT2D eigenvalue weighted by molar-refractivity contribution is -0.139. The molecule has 1 N–H and O–H groups in total. The van der Waals surface area contributed by atoms with Crippen LogP contribution in [0.2, 0.25) is 0 Å². The van der Waals surface area contributed by atoms with Crippen LogP contribution in [0.1, 0.15) is 18.4 Å². The molecule has 1 aliphatic rings. The quantitative estimate of drug-likeness (QED) is 0.663. The summed E-state index contributed by atoms with van der Waals surface area (Å²) in [7, 11) is 0. The number of aliphatic hydroxyl groups is 1. The van der Waals surface area contributed by atoms with Gasteiger partial charge >= 0.3 is 5.97 Å². The summed E-state index contributed by atoms with van der Waals surface area (Å²) in [5, 5.41) is 9.26. The second-order valence-corrected chi connectivity index (χ2v) is 4.28. The Hall–Kier alpha value is -1.32. The molecule has 1 aromatic rings. The van der Waals surface area contributed by atoms with E-state index < -0.39 is 0 Å². The lowest BCUT2D eigenvalue weighted by Gasteiger charge is -2.03. The molecule has 90 valence electrons. The Morgan fingerprint density at radius 1 is 1.41 bits per heavy atom. The van der Waals surface area contributed by atoms with E-state index in [-0.39, 0.29) is 18.7 Å². The Labute approximate surface area is 105 Å². The molecule has 2 rings (SSSR count). The summed E-state index contributed by atoms with van der Waals surface area (Å²) in [5.74, 6) is -0.377. The summed E-state index contributed by atoms with van der Waals surface area (Å²) < 4.78 is 5.12. The minimum atomic E-state index is -0.377. The third kappa shape index (κ3) is 2.68. The first-order valence-corrected chi connectivity index (χ1v) is 5.86. The van der Waals surface area contributed by atoms with Gasteiger partial charge in [0.1, 0.15) is 6.10 Å². The molecule has 0 amide bonds. The van der Waals surface area contributed by atoms with Crippen molar-refractivity contribution in [3.8, 4) is 0 Å². The van der Waals surface area contributed by atoms with Gasteiger partial charge in [-0.3, -0.25) is 0 Å². The Morgan fingerprint density at radius 2 is 2.12 bits per heavy atom. The number of benzene rings is 1. The third-order valence-corrected chi connectivity index (χ3v) is 3.14. The molecule has 1 aromatic carbocycles. The van der Waals surface area contributed by atoms with E-state index in [1.54, 1.807) is 0 Å². The van der Waals surface area contributed by atoms with Gasteiger partial charge < -0.3 is 9.84 Å². The summed E-state index contributed by atoms with van der Waals surface area (Å²) in [6.07, 6.45) is 0.668. The van der Waals surface area contributed by atoms with Crippen LogP contribution in [0.15, 0.2) is 35.9 Å². The van der Waals surface area contributed by atoms with Crippen LogP contribution in [0.5, 0.6) is 0 Å². The van der Waals surface area contributed by atoms with Gasteiger partial charge in [0.15, 0.2) is 0 Å². The topological polar surface area (TPSA) is 46.5 Å². The van der Waals surface area contributed by atoms with Crippen molar-refractivity contribution in [1.29, 1.82) is 0 Å². The van der Waals surface area contributed by atoms with Crippen molar-refractivity contribution in [2.75, 3.05) is 6.61 Å². The van der Waals surface area contributed by atoms with Crippen molar-refractivity contribution in [2.45, 2.75) is 18.9 Å². The molecule has 1 aliphatic heterocycles. The highest BCUT2D eigenvalue weighted by atomic mass is 35.5. The second kappa shape index (κ2) is 5.34. The summed E-state index contributed by atoms with van der Waals surface area (Å²) in [4.78, 5) is 11.6. The first kappa shape index (κ1) is 12.1. The van der Waals surface area contributed by atoms with Crippen LogP contribution in [0.4, 0.5) is 0 Å². The molecule has 0 radical (unpaired) electrons. The number of rotatable bonds is 3. The molecule has 1 heterocycles. The average molecular weight is 253 g/mol. The number of halogens is 1. The van der Waals surface area contributed by atoms with Crippen molar-refractivity contribution in [1.82, 2.24) is 0 Å². The van der Waals surface area contributed by atoms with Gasteiger partial charge in [0.25, 0.3) is 0 Å². The predicted octanol–water partition coefficient (Wildman–Crippen LogP) is 2.33. The van der Waals surface area contributed by atoms with Crippen LogP contribution in [0, 0.1) is 0 Å². The van der Waals surface area contributed by atoms with Gasteiger partial charge in [0, 0.05) is 19.4 Å². The summed E-state index contributed by atoms with van der Waals surface area (Å²) in [6, 6.07) is 9.32. The number of carbonyl (C=O) groups is 1. The molecule has 0 aliphatic carbocycles. The van der Waals surface area contributed by atoms with Gasteiger partial charge in [-0.15, -0.1) is 0 Å². The van der Waals surface area contributed by atoms with Crippen LogP contribution in [-0.4, -0.2) is 23.8 Å². The standard InChI is InChI=1S/C13H13ClO3/c14-12(9-4-2-1-3-5-9)11-8-10(6-7-15)17-13(11)16/h1-5,10,15H,6-8H2/b12-11-. The SMILES string of the molecule is O=C1OC(CCO)C/C1=C(/Cl)c1ccccc1. The van der Waals surface area contributed by atoms with Crippen molar-refractivity contribution < 1.29 is 14.6 Å². The van der Waals surface area contributed by atoms with E-state index in [0.717, 1.165) is 5.56 Å². The number of aliphatic hydroxyl groups excluding tert-OH is 1. The van der Waals surface area contributed by atoms with E-state index in [1.807, 2.05) is 30.3 Å². The van der Waals surface area contributed by atoms with Crippen LogP contribution in [-0.2, 0) is 9.53 Å².